The molecule has 1 unspecified atom stereocenters. The second-order valence-electron chi connectivity index (χ2n) is 5.31. The fraction of sp³-hybridized carbons (Fsp3) is 0.467. The molecule has 0 amide bonds. The van der Waals surface area contributed by atoms with Crippen molar-refractivity contribution < 1.29 is 4.42 Å². The van der Waals surface area contributed by atoms with Crippen LogP contribution >= 0.6 is 0 Å². The van der Waals surface area contributed by atoms with Gasteiger partial charge in [-0.25, -0.2) is 9.97 Å². The van der Waals surface area contributed by atoms with Gasteiger partial charge in [0.05, 0.1) is 12.3 Å². The summed E-state index contributed by atoms with van der Waals surface area (Å²) in [7, 11) is 1.89. The van der Waals surface area contributed by atoms with E-state index in [-0.39, 0.29) is 6.04 Å². The van der Waals surface area contributed by atoms with E-state index in [4.69, 9.17) is 4.42 Å². The third kappa shape index (κ3) is 2.48. The molecule has 0 spiro atoms. The van der Waals surface area contributed by atoms with Crippen LogP contribution in [0.15, 0.2) is 22.8 Å². The van der Waals surface area contributed by atoms with Crippen LogP contribution < -0.4 is 10.6 Å². The molecule has 2 aromatic rings. The second kappa shape index (κ2) is 5.15. The van der Waals surface area contributed by atoms with Crippen molar-refractivity contribution in [2.75, 3.05) is 17.7 Å². The van der Waals surface area contributed by atoms with Gasteiger partial charge in [-0.2, -0.15) is 0 Å². The predicted molar refractivity (Wildman–Crippen MR) is 79.0 cm³/mol. The summed E-state index contributed by atoms with van der Waals surface area (Å²) in [6, 6.07) is 3.94. The smallest absolute Gasteiger partial charge is 0.136 e. The summed E-state index contributed by atoms with van der Waals surface area (Å²) >= 11 is 0. The number of hydrogen-bond donors (Lipinski definition) is 2. The van der Waals surface area contributed by atoms with Gasteiger partial charge in [-0.05, 0) is 38.8 Å². The van der Waals surface area contributed by atoms with Crippen molar-refractivity contribution >= 4 is 11.6 Å². The molecule has 5 nitrogen and oxygen atoms in total. The van der Waals surface area contributed by atoms with Gasteiger partial charge in [0, 0.05) is 18.5 Å². The Kier molecular flexibility index (Phi) is 3.34. The average molecular weight is 272 g/mol. The number of furan rings is 1. The molecule has 1 aliphatic carbocycles. The van der Waals surface area contributed by atoms with Crippen LogP contribution in [0.2, 0.25) is 0 Å². The van der Waals surface area contributed by atoms with Crippen LogP contribution in [-0.4, -0.2) is 17.0 Å². The Hall–Kier alpha value is -2.04. The van der Waals surface area contributed by atoms with E-state index in [9.17, 15) is 0 Å². The van der Waals surface area contributed by atoms with Crippen molar-refractivity contribution in [2.45, 2.75) is 38.6 Å². The van der Waals surface area contributed by atoms with Crippen LogP contribution in [0, 0.1) is 6.92 Å². The minimum Gasteiger partial charge on any atom is -0.467 e. The maximum Gasteiger partial charge on any atom is 0.136 e. The molecule has 0 aliphatic heterocycles. The average Bonchev–Trinajstić information content (AvgIpc) is 3.15. The van der Waals surface area contributed by atoms with Crippen LogP contribution in [0.5, 0.6) is 0 Å². The molecule has 0 aromatic carbocycles. The van der Waals surface area contributed by atoms with Gasteiger partial charge < -0.3 is 15.1 Å². The maximum absolute atomic E-state index is 5.43. The Balaban J connectivity index is 1.89. The number of rotatable bonds is 5. The molecule has 2 N–H and O–H groups in total. The van der Waals surface area contributed by atoms with Gasteiger partial charge in [0.25, 0.3) is 0 Å². The summed E-state index contributed by atoms with van der Waals surface area (Å²) in [6.45, 7) is 4.09. The topological polar surface area (TPSA) is 63.0 Å². The minimum absolute atomic E-state index is 0.0790. The summed E-state index contributed by atoms with van der Waals surface area (Å²) in [5, 5.41) is 6.58. The summed E-state index contributed by atoms with van der Waals surface area (Å²) in [4.78, 5) is 9.29. The third-order valence-corrected chi connectivity index (χ3v) is 3.67. The van der Waals surface area contributed by atoms with E-state index in [1.807, 2.05) is 26.1 Å². The number of nitrogens with one attached hydrogen (secondary N) is 2. The van der Waals surface area contributed by atoms with Crippen LogP contribution in [0.3, 0.4) is 0 Å². The zero-order chi connectivity index (χ0) is 14.1. The molecule has 1 saturated carbocycles. The predicted octanol–water partition coefficient (Wildman–Crippen LogP) is 3.47. The van der Waals surface area contributed by atoms with E-state index in [0.29, 0.717) is 5.92 Å². The van der Waals surface area contributed by atoms with E-state index in [0.717, 1.165) is 28.8 Å². The Morgan fingerprint density at radius 1 is 1.30 bits per heavy atom. The highest BCUT2D eigenvalue weighted by molar-refractivity contribution is 5.58. The SMILES string of the molecule is CNc1nc(C2CC2)nc(NC(C)c2ccco2)c1C. The van der Waals surface area contributed by atoms with Crippen molar-refractivity contribution in [3.05, 3.63) is 35.5 Å². The number of hydrogen-bond acceptors (Lipinski definition) is 5. The quantitative estimate of drug-likeness (QED) is 0.872. The molecule has 1 aliphatic rings. The number of anilines is 2. The summed E-state index contributed by atoms with van der Waals surface area (Å²) < 4.78 is 5.43. The van der Waals surface area contributed by atoms with Crippen molar-refractivity contribution in [2.24, 2.45) is 0 Å². The fourth-order valence-corrected chi connectivity index (χ4v) is 2.26. The van der Waals surface area contributed by atoms with Crippen LogP contribution in [0.25, 0.3) is 0 Å². The van der Waals surface area contributed by atoms with E-state index >= 15 is 0 Å². The van der Waals surface area contributed by atoms with Crippen LogP contribution in [-0.2, 0) is 0 Å². The highest BCUT2D eigenvalue weighted by atomic mass is 16.3. The lowest BCUT2D eigenvalue weighted by Crippen LogP contribution is -2.12. The van der Waals surface area contributed by atoms with Gasteiger partial charge in [0.15, 0.2) is 0 Å². The lowest BCUT2D eigenvalue weighted by atomic mass is 10.2. The van der Waals surface area contributed by atoms with Crippen LogP contribution in [0.1, 0.15) is 48.9 Å². The zero-order valence-corrected chi connectivity index (χ0v) is 12.1. The molecule has 1 fully saturated rings. The van der Waals surface area contributed by atoms with E-state index in [1.165, 1.54) is 12.8 Å². The monoisotopic (exact) mass is 272 g/mol. The molecule has 0 saturated heterocycles. The van der Waals surface area contributed by atoms with Gasteiger partial charge in [-0.3, -0.25) is 0 Å². The maximum atomic E-state index is 5.43. The first-order valence-electron chi connectivity index (χ1n) is 7.05. The van der Waals surface area contributed by atoms with Gasteiger partial charge in [-0.15, -0.1) is 0 Å². The van der Waals surface area contributed by atoms with Crippen molar-refractivity contribution in [1.29, 1.82) is 0 Å². The van der Waals surface area contributed by atoms with Gasteiger partial charge in [0.1, 0.15) is 23.2 Å². The van der Waals surface area contributed by atoms with Crippen molar-refractivity contribution in [3.8, 4) is 0 Å². The molecule has 5 heteroatoms. The number of nitrogens with zero attached hydrogens (tertiary/aromatic N) is 2. The normalized spacial score (nSPS) is 15.9. The minimum atomic E-state index is 0.0790. The molecule has 2 aromatic heterocycles. The number of aromatic nitrogens is 2. The third-order valence-electron chi connectivity index (χ3n) is 3.67. The first kappa shape index (κ1) is 13.0. The second-order valence-corrected chi connectivity index (χ2v) is 5.31. The van der Waals surface area contributed by atoms with Crippen molar-refractivity contribution in [3.63, 3.8) is 0 Å². The first-order valence-corrected chi connectivity index (χ1v) is 7.05. The summed E-state index contributed by atoms with van der Waals surface area (Å²) in [5.41, 5.74) is 1.04. The Morgan fingerprint density at radius 2 is 2.05 bits per heavy atom. The zero-order valence-electron chi connectivity index (χ0n) is 12.1. The lowest BCUT2D eigenvalue weighted by Gasteiger charge is -2.17. The van der Waals surface area contributed by atoms with Gasteiger partial charge >= 0.3 is 0 Å². The van der Waals surface area contributed by atoms with Gasteiger partial charge in [0.2, 0.25) is 0 Å². The Bertz CT molecular complexity index is 590. The summed E-state index contributed by atoms with van der Waals surface area (Å²) in [6.07, 6.45) is 4.08. The fourth-order valence-electron chi connectivity index (χ4n) is 2.26. The standard InChI is InChI=1S/C15H20N4O/c1-9-13(16-3)18-15(11-6-7-11)19-14(9)17-10(2)12-5-4-8-20-12/h4-5,8,10-11H,6-7H2,1-3H3,(H2,16,17,18,19). The van der Waals surface area contributed by atoms with Crippen LogP contribution in [0.4, 0.5) is 11.6 Å². The lowest BCUT2D eigenvalue weighted by molar-refractivity contribution is 0.490. The van der Waals surface area contributed by atoms with Crippen molar-refractivity contribution in [1.82, 2.24) is 9.97 Å². The Labute approximate surface area is 118 Å². The molecule has 3 rings (SSSR count). The van der Waals surface area contributed by atoms with E-state index < -0.39 is 0 Å². The molecular weight excluding hydrogens is 252 g/mol. The molecule has 0 bridgehead atoms. The first-order chi connectivity index (χ1) is 9.69. The molecule has 106 valence electrons. The molecule has 0 radical (unpaired) electrons. The largest absolute Gasteiger partial charge is 0.467 e. The summed E-state index contributed by atoms with van der Waals surface area (Å²) in [5.74, 6) is 4.16. The van der Waals surface area contributed by atoms with E-state index in [2.05, 4.69) is 27.5 Å². The van der Waals surface area contributed by atoms with Gasteiger partial charge in [-0.1, -0.05) is 0 Å². The highest BCUT2D eigenvalue weighted by Crippen LogP contribution is 2.39. The molecule has 1 atom stereocenters. The Morgan fingerprint density at radius 3 is 2.65 bits per heavy atom. The van der Waals surface area contributed by atoms with E-state index in [1.54, 1.807) is 6.26 Å². The molecular formula is C15H20N4O. The highest BCUT2D eigenvalue weighted by Gasteiger charge is 2.28. The molecule has 20 heavy (non-hydrogen) atoms. The molecule has 2 heterocycles.